The number of nitrogens with one attached hydrogen (secondary N) is 4. The number of carboxylic acids is 1. The third-order valence-electron chi connectivity index (χ3n) is 8.45. The minimum absolute atomic E-state index is 0.0289. The number of amides is 5. The maximum absolute atomic E-state index is 13.9. The zero-order valence-corrected chi connectivity index (χ0v) is 30.4. The van der Waals surface area contributed by atoms with Crippen molar-refractivity contribution in [3.05, 3.63) is 35.9 Å². The number of nitrogens with two attached hydrogens (primary N) is 3. The van der Waals surface area contributed by atoms with Gasteiger partial charge in [-0.1, -0.05) is 58.0 Å². The van der Waals surface area contributed by atoms with E-state index in [1.165, 1.54) is 11.8 Å². The summed E-state index contributed by atoms with van der Waals surface area (Å²) in [5.74, 6) is -4.11. The molecule has 0 bridgehead atoms. The number of benzene rings is 1. The standard InChI is InChI=1S/C35H57N9O7/c1-20(2)17-26(31(47)40-22(5)29(45)41-25(34(50)51)13-9-15-39-35(37)38)42-32(48)28-14-10-16-44(28)33(49)27(18-21(3)4)43-30(46)24(36)19-23-11-7-6-8-12-23/h6-8,11-12,20-22,24-28H,9-10,13-19,36H2,1-5H3,(H,40,47)(H,41,45)(H,42,48)(H,43,46)(H,50,51)(H4,37,38,39)/t22-,24-,25-,26-,27-,28-/m0/s1. The second kappa shape index (κ2) is 20.8. The van der Waals surface area contributed by atoms with Gasteiger partial charge in [-0.3, -0.25) is 29.0 Å². The van der Waals surface area contributed by atoms with Crippen LogP contribution >= 0.6 is 0 Å². The van der Waals surface area contributed by atoms with E-state index < -0.39 is 71.8 Å². The van der Waals surface area contributed by atoms with Crippen LogP contribution in [-0.2, 0) is 35.2 Å². The molecule has 1 aliphatic rings. The monoisotopic (exact) mass is 715 g/mol. The zero-order valence-electron chi connectivity index (χ0n) is 30.4. The Morgan fingerprint density at radius 1 is 0.843 bits per heavy atom. The van der Waals surface area contributed by atoms with E-state index in [0.29, 0.717) is 38.6 Å². The first-order valence-electron chi connectivity index (χ1n) is 17.6. The molecule has 284 valence electrons. The first-order chi connectivity index (χ1) is 24.0. The molecule has 16 heteroatoms. The Hall–Kier alpha value is -4.73. The molecular weight excluding hydrogens is 658 g/mol. The van der Waals surface area contributed by atoms with Gasteiger partial charge in [0.1, 0.15) is 30.2 Å². The van der Waals surface area contributed by atoms with E-state index in [-0.39, 0.29) is 37.2 Å². The molecule has 0 saturated carbocycles. The molecule has 51 heavy (non-hydrogen) atoms. The number of hydrogen-bond acceptors (Lipinski definition) is 8. The van der Waals surface area contributed by atoms with Crippen molar-refractivity contribution in [1.82, 2.24) is 26.2 Å². The zero-order chi connectivity index (χ0) is 38.2. The molecule has 0 spiro atoms. The highest BCUT2D eigenvalue weighted by Gasteiger charge is 2.39. The minimum atomic E-state index is -1.25. The van der Waals surface area contributed by atoms with Crippen LogP contribution in [0.15, 0.2) is 35.3 Å². The molecule has 1 aliphatic heterocycles. The number of aliphatic carboxylic acids is 1. The van der Waals surface area contributed by atoms with Crippen LogP contribution in [0.5, 0.6) is 0 Å². The van der Waals surface area contributed by atoms with Gasteiger partial charge in [0.05, 0.1) is 6.04 Å². The summed E-state index contributed by atoms with van der Waals surface area (Å²) in [6.07, 6.45) is 2.14. The molecule has 1 aromatic rings. The molecule has 6 atom stereocenters. The van der Waals surface area contributed by atoms with Crippen LogP contribution in [0.4, 0.5) is 0 Å². The highest BCUT2D eigenvalue weighted by Crippen LogP contribution is 2.21. The fraction of sp³-hybridized carbons (Fsp3) is 0.629. The smallest absolute Gasteiger partial charge is 0.326 e. The van der Waals surface area contributed by atoms with Crippen molar-refractivity contribution in [3.8, 4) is 0 Å². The van der Waals surface area contributed by atoms with Crippen molar-refractivity contribution in [1.29, 1.82) is 0 Å². The van der Waals surface area contributed by atoms with E-state index in [4.69, 9.17) is 17.2 Å². The molecule has 0 unspecified atom stereocenters. The van der Waals surface area contributed by atoms with Gasteiger partial charge in [0.2, 0.25) is 29.5 Å². The van der Waals surface area contributed by atoms with Crippen molar-refractivity contribution in [2.45, 2.75) is 116 Å². The van der Waals surface area contributed by atoms with Gasteiger partial charge >= 0.3 is 5.97 Å². The Balaban J connectivity index is 2.10. The summed E-state index contributed by atoms with van der Waals surface area (Å²) >= 11 is 0. The van der Waals surface area contributed by atoms with Crippen LogP contribution in [0.25, 0.3) is 0 Å². The van der Waals surface area contributed by atoms with Crippen LogP contribution in [0.2, 0.25) is 0 Å². The molecule has 0 aliphatic carbocycles. The number of carbonyl (C=O) groups excluding carboxylic acids is 5. The molecule has 5 amide bonds. The predicted octanol–water partition coefficient (Wildman–Crippen LogP) is -0.263. The molecule has 2 rings (SSSR count). The molecule has 11 N–H and O–H groups in total. The maximum Gasteiger partial charge on any atom is 0.326 e. The van der Waals surface area contributed by atoms with E-state index in [0.717, 1.165) is 5.56 Å². The summed E-state index contributed by atoms with van der Waals surface area (Å²) in [4.78, 5) is 83.9. The lowest BCUT2D eigenvalue weighted by atomic mass is 10.00. The topological polar surface area (TPSA) is 264 Å². The Bertz CT molecular complexity index is 1370. The largest absolute Gasteiger partial charge is 0.480 e. The molecule has 1 aromatic carbocycles. The summed E-state index contributed by atoms with van der Waals surface area (Å²) in [6, 6.07) is 3.28. The van der Waals surface area contributed by atoms with Crippen LogP contribution in [0.3, 0.4) is 0 Å². The van der Waals surface area contributed by atoms with Crippen LogP contribution in [0, 0.1) is 11.8 Å². The molecule has 0 radical (unpaired) electrons. The van der Waals surface area contributed by atoms with Gasteiger partial charge in [0.25, 0.3) is 0 Å². The predicted molar refractivity (Wildman–Crippen MR) is 193 cm³/mol. The molecule has 1 heterocycles. The summed E-state index contributed by atoms with van der Waals surface area (Å²) in [5, 5.41) is 20.1. The van der Waals surface area contributed by atoms with Crippen LogP contribution in [0.1, 0.15) is 78.7 Å². The first kappa shape index (κ1) is 42.4. The second-order valence-corrected chi connectivity index (χ2v) is 13.9. The van der Waals surface area contributed by atoms with Gasteiger partial charge in [-0.15, -0.1) is 0 Å². The SMILES string of the molecule is CC(C)C[C@H](NC(=O)[C@@H]1CCCN1C(=O)[C@H](CC(C)C)NC(=O)[C@@H](N)Cc1ccccc1)C(=O)N[C@@H](C)C(=O)N[C@@H](CCCN=C(N)N)C(=O)O. The number of aliphatic imine (C=N–C) groups is 1. The first-order valence-corrected chi connectivity index (χ1v) is 17.6. The summed E-state index contributed by atoms with van der Waals surface area (Å²) in [5.41, 5.74) is 17.7. The van der Waals surface area contributed by atoms with Crippen molar-refractivity contribution >= 4 is 41.5 Å². The van der Waals surface area contributed by atoms with Crippen molar-refractivity contribution in [2.75, 3.05) is 13.1 Å². The van der Waals surface area contributed by atoms with E-state index in [1.807, 2.05) is 58.0 Å². The summed E-state index contributed by atoms with van der Waals surface area (Å²) in [6.45, 7) is 9.49. The average molecular weight is 716 g/mol. The Morgan fingerprint density at radius 2 is 1.45 bits per heavy atom. The number of nitrogens with zero attached hydrogens (tertiary/aromatic N) is 2. The van der Waals surface area contributed by atoms with Crippen molar-refractivity contribution < 1.29 is 33.9 Å². The molecular formula is C35H57N9O7. The van der Waals surface area contributed by atoms with Gasteiger partial charge in [-0.2, -0.15) is 0 Å². The van der Waals surface area contributed by atoms with E-state index in [2.05, 4.69) is 26.3 Å². The molecule has 1 saturated heterocycles. The van der Waals surface area contributed by atoms with E-state index in [1.54, 1.807) is 0 Å². The van der Waals surface area contributed by atoms with Crippen molar-refractivity contribution in [3.63, 3.8) is 0 Å². The minimum Gasteiger partial charge on any atom is -0.480 e. The quantitative estimate of drug-likeness (QED) is 0.0498. The number of guanidine groups is 1. The third-order valence-corrected chi connectivity index (χ3v) is 8.45. The number of carboxylic acid groups (broad SMARTS) is 1. The van der Waals surface area contributed by atoms with Crippen LogP contribution < -0.4 is 38.5 Å². The summed E-state index contributed by atoms with van der Waals surface area (Å²) < 4.78 is 0. The van der Waals surface area contributed by atoms with Gasteiger partial charge in [-0.25, -0.2) is 4.79 Å². The highest BCUT2D eigenvalue weighted by molar-refractivity contribution is 5.96. The Morgan fingerprint density at radius 3 is 2.04 bits per heavy atom. The normalized spacial score (nSPS) is 17.1. The molecule has 0 aromatic heterocycles. The van der Waals surface area contributed by atoms with Gasteiger partial charge in [0.15, 0.2) is 5.96 Å². The fourth-order valence-corrected chi connectivity index (χ4v) is 5.84. The lowest BCUT2D eigenvalue weighted by Gasteiger charge is -2.31. The lowest BCUT2D eigenvalue weighted by molar-refractivity contribution is -0.143. The fourth-order valence-electron chi connectivity index (χ4n) is 5.84. The highest BCUT2D eigenvalue weighted by atomic mass is 16.4. The van der Waals surface area contributed by atoms with Gasteiger partial charge in [-0.05, 0) is 69.3 Å². The van der Waals surface area contributed by atoms with E-state index >= 15 is 0 Å². The van der Waals surface area contributed by atoms with Gasteiger partial charge in [0, 0.05) is 13.1 Å². The lowest BCUT2D eigenvalue weighted by Crippen LogP contribution is -2.59. The molecule has 16 nitrogen and oxygen atoms in total. The Kier molecular flexibility index (Phi) is 17.3. The number of likely N-dealkylation sites (tertiary alicyclic amines) is 1. The van der Waals surface area contributed by atoms with Crippen LogP contribution in [-0.4, -0.2) is 101 Å². The molecule has 1 fully saturated rings. The number of rotatable bonds is 20. The number of carbonyl (C=O) groups is 6. The maximum atomic E-state index is 13.9. The summed E-state index contributed by atoms with van der Waals surface area (Å²) in [7, 11) is 0. The van der Waals surface area contributed by atoms with Gasteiger partial charge < -0.3 is 48.5 Å². The second-order valence-electron chi connectivity index (χ2n) is 13.9. The Labute approximate surface area is 300 Å². The van der Waals surface area contributed by atoms with E-state index in [9.17, 15) is 33.9 Å². The average Bonchev–Trinajstić information content (AvgIpc) is 3.55. The van der Waals surface area contributed by atoms with Crippen molar-refractivity contribution in [2.24, 2.45) is 34.0 Å². The third kappa shape index (κ3) is 14.6. The number of hydrogen-bond donors (Lipinski definition) is 8.